The first-order valence-corrected chi connectivity index (χ1v) is 7.74. The summed E-state index contributed by atoms with van der Waals surface area (Å²) in [5.41, 5.74) is 1.06. The first-order chi connectivity index (χ1) is 10.2. The van der Waals surface area contributed by atoms with Crippen molar-refractivity contribution in [3.05, 3.63) is 30.1 Å². The molecular weight excluding hydrogens is 340 g/mol. The molecule has 23 heavy (non-hydrogen) atoms. The van der Waals surface area contributed by atoms with Crippen molar-refractivity contribution < 1.29 is 9.18 Å². The van der Waals surface area contributed by atoms with Crippen molar-refractivity contribution in [1.29, 1.82) is 0 Å². The minimum Gasteiger partial charge on any atom is -0.371 e. The monoisotopic (exact) mass is 363 g/mol. The fraction of sp³-hybridized carbons (Fsp3) is 0.562. The van der Waals surface area contributed by atoms with Gasteiger partial charge in [0.05, 0.1) is 6.04 Å². The van der Waals surface area contributed by atoms with E-state index in [-0.39, 0.29) is 42.6 Å². The maximum atomic E-state index is 12.9. The largest absolute Gasteiger partial charge is 0.371 e. The summed E-state index contributed by atoms with van der Waals surface area (Å²) in [4.78, 5) is 14.2. The van der Waals surface area contributed by atoms with Crippen molar-refractivity contribution in [1.82, 2.24) is 10.6 Å². The Kier molecular flexibility index (Phi) is 8.09. The van der Waals surface area contributed by atoms with Crippen LogP contribution in [0.1, 0.15) is 19.3 Å². The SMILES string of the molecule is Cl.Cl.O=C(NCC1CCN(c2ccc(F)cc2)C1)C1CCCN1. The van der Waals surface area contributed by atoms with Crippen molar-refractivity contribution in [3.8, 4) is 0 Å². The third-order valence-corrected chi connectivity index (χ3v) is 4.42. The molecule has 1 amide bonds. The van der Waals surface area contributed by atoms with Gasteiger partial charge in [0.15, 0.2) is 0 Å². The van der Waals surface area contributed by atoms with Crippen LogP contribution in [-0.2, 0) is 4.79 Å². The minimum absolute atomic E-state index is 0. The summed E-state index contributed by atoms with van der Waals surface area (Å²) < 4.78 is 12.9. The second-order valence-electron chi connectivity index (χ2n) is 5.97. The highest BCUT2D eigenvalue weighted by Crippen LogP contribution is 2.23. The number of carbonyl (C=O) groups excluding carboxylic acids is 1. The highest BCUT2D eigenvalue weighted by molar-refractivity contribution is 5.85. The second-order valence-corrected chi connectivity index (χ2v) is 5.97. The van der Waals surface area contributed by atoms with Crippen LogP contribution in [0.25, 0.3) is 0 Å². The Morgan fingerprint density at radius 2 is 2.00 bits per heavy atom. The molecule has 2 heterocycles. The van der Waals surface area contributed by atoms with Crippen LogP contribution < -0.4 is 15.5 Å². The van der Waals surface area contributed by atoms with Gasteiger partial charge in [-0.3, -0.25) is 4.79 Å². The van der Waals surface area contributed by atoms with Gasteiger partial charge in [-0.25, -0.2) is 4.39 Å². The minimum atomic E-state index is -0.203. The van der Waals surface area contributed by atoms with Gasteiger partial charge >= 0.3 is 0 Å². The lowest BCUT2D eigenvalue weighted by Crippen LogP contribution is -2.42. The maximum Gasteiger partial charge on any atom is 0.237 e. The summed E-state index contributed by atoms with van der Waals surface area (Å²) in [7, 11) is 0. The smallest absolute Gasteiger partial charge is 0.237 e. The van der Waals surface area contributed by atoms with Gasteiger partial charge in [-0.2, -0.15) is 0 Å². The number of anilines is 1. The number of carbonyl (C=O) groups is 1. The van der Waals surface area contributed by atoms with Crippen LogP contribution in [0.5, 0.6) is 0 Å². The molecule has 130 valence electrons. The van der Waals surface area contributed by atoms with Crippen LogP contribution in [-0.4, -0.2) is 38.1 Å². The fourth-order valence-corrected chi connectivity index (χ4v) is 3.16. The van der Waals surface area contributed by atoms with E-state index in [0.717, 1.165) is 51.1 Å². The molecule has 1 aromatic rings. The van der Waals surface area contributed by atoms with Gasteiger partial charge in [-0.05, 0) is 56.0 Å². The van der Waals surface area contributed by atoms with Crippen LogP contribution >= 0.6 is 24.8 Å². The number of nitrogens with zero attached hydrogens (tertiary/aromatic N) is 1. The van der Waals surface area contributed by atoms with Gasteiger partial charge in [0.25, 0.3) is 0 Å². The summed E-state index contributed by atoms with van der Waals surface area (Å²) >= 11 is 0. The predicted molar refractivity (Wildman–Crippen MR) is 95.3 cm³/mol. The van der Waals surface area contributed by atoms with Crippen LogP contribution in [0.3, 0.4) is 0 Å². The van der Waals surface area contributed by atoms with E-state index in [1.165, 1.54) is 12.1 Å². The van der Waals surface area contributed by atoms with Crippen LogP contribution in [0.2, 0.25) is 0 Å². The molecule has 7 heteroatoms. The van der Waals surface area contributed by atoms with Crippen molar-refractivity contribution >= 4 is 36.4 Å². The zero-order chi connectivity index (χ0) is 14.7. The van der Waals surface area contributed by atoms with E-state index in [0.29, 0.717) is 5.92 Å². The van der Waals surface area contributed by atoms with E-state index in [2.05, 4.69) is 15.5 Å². The lowest BCUT2D eigenvalue weighted by Gasteiger charge is -2.19. The first-order valence-electron chi connectivity index (χ1n) is 7.74. The summed E-state index contributed by atoms with van der Waals surface area (Å²) in [5, 5.41) is 6.27. The Morgan fingerprint density at radius 1 is 1.26 bits per heavy atom. The van der Waals surface area contributed by atoms with E-state index in [1.54, 1.807) is 0 Å². The molecule has 0 radical (unpaired) electrons. The van der Waals surface area contributed by atoms with E-state index in [1.807, 2.05) is 12.1 Å². The molecule has 1 aromatic carbocycles. The fourth-order valence-electron chi connectivity index (χ4n) is 3.16. The highest BCUT2D eigenvalue weighted by Gasteiger charge is 2.26. The zero-order valence-corrected chi connectivity index (χ0v) is 14.6. The molecule has 3 rings (SSSR count). The lowest BCUT2D eigenvalue weighted by molar-refractivity contribution is -0.122. The van der Waals surface area contributed by atoms with E-state index in [9.17, 15) is 9.18 Å². The molecule has 0 aromatic heterocycles. The zero-order valence-electron chi connectivity index (χ0n) is 13.0. The average molecular weight is 364 g/mol. The number of rotatable bonds is 4. The number of amides is 1. The standard InChI is InChI=1S/C16H22FN3O.2ClH/c17-13-3-5-14(6-4-13)20-9-7-12(11-20)10-19-16(21)15-2-1-8-18-15;;/h3-6,12,15,18H,1-2,7-11H2,(H,19,21);2*1H. The topological polar surface area (TPSA) is 44.4 Å². The Bertz CT molecular complexity index is 495. The Morgan fingerprint density at radius 3 is 2.65 bits per heavy atom. The molecule has 2 aliphatic heterocycles. The summed E-state index contributed by atoms with van der Waals surface area (Å²) in [6.45, 7) is 3.56. The number of benzene rings is 1. The maximum absolute atomic E-state index is 12.9. The van der Waals surface area contributed by atoms with Crippen molar-refractivity contribution in [3.63, 3.8) is 0 Å². The van der Waals surface area contributed by atoms with Gasteiger partial charge in [-0.15, -0.1) is 24.8 Å². The third-order valence-electron chi connectivity index (χ3n) is 4.42. The van der Waals surface area contributed by atoms with E-state index in [4.69, 9.17) is 0 Å². The van der Waals surface area contributed by atoms with Gasteiger partial charge in [0.1, 0.15) is 5.82 Å². The van der Waals surface area contributed by atoms with Gasteiger partial charge in [-0.1, -0.05) is 0 Å². The molecule has 2 unspecified atom stereocenters. The molecule has 2 N–H and O–H groups in total. The summed E-state index contributed by atoms with van der Waals surface area (Å²) in [6, 6.07) is 6.63. The Hall–Kier alpha value is -1.04. The molecule has 0 spiro atoms. The molecule has 2 aliphatic rings. The van der Waals surface area contributed by atoms with Crippen LogP contribution in [0.15, 0.2) is 24.3 Å². The summed E-state index contributed by atoms with van der Waals surface area (Å²) in [5.74, 6) is 0.402. The quantitative estimate of drug-likeness (QED) is 0.862. The van der Waals surface area contributed by atoms with Gasteiger partial charge in [0.2, 0.25) is 5.91 Å². The van der Waals surface area contributed by atoms with Crippen molar-refractivity contribution in [2.24, 2.45) is 5.92 Å². The molecule has 2 fully saturated rings. The first kappa shape index (κ1) is 20.0. The molecule has 2 saturated heterocycles. The highest BCUT2D eigenvalue weighted by atomic mass is 35.5. The van der Waals surface area contributed by atoms with Gasteiger partial charge < -0.3 is 15.5 Å². The van der Waals surface area contributed by atoms with Crippen LogP contribution in [0.4, 0.5) is 10.1 Å². The molecule has 2 atom stereocenters. The van der Waals surface area contributed by atoms with Crippen molar-refractivity contribution in [2.45, 2.75) is 25.3 Å². The summed E-state index contributed by atoms with van der Waals surface area (Å²) in [6.07, 6.45) is 3.09. The molecule has 0 aliphatic carbocycles. The molecule has 0 saturated carbocycles. The Balaban J connectivity index is 0.00000132. The lowest BCUT2D eigenvalue weighted by atomic mass is 10.1. The number of halogens is 3. The molecular formula is C16H24Cl2FN3O. The average Bonchev–Trinajstić information content (AvgIpc) is 3.17. The Labute approximate surface area is 149 Å². The third kappa shape index (κ3) is 5.23. The van der Waals surface area contributed by atoms with E-state index >= 15 is 0 Å². The van der Waals surface area contributed by atoms with Crippen molar-refractivity contribution in [2.75, 3.05) is 31.1 Å². The molecule has 0 bridgehead atoms. The molecule has 4 nitrogen and oxygen atoms in total. The number of hydrogen-bond donors (Lipinski definition) is 2. The number of nitrogens with one attached hydrogen (secondary N) is 2. The second kappa shape index (κ2) is 9.30. The van der Waals surface area contributed by atoms with E-state index < -0.39 is 0 Å². The normalized spacial score (nSPS) is 23.1. The van der Waals surface area contributed by atoms with Crippen LogP contribution in [0, 0.1) is 11.7 Å². The number of hydrogen-bond acceptors (Lipinski definition) is 3. The van der Waals surface area contributed by atoms with Gasteiger partial charge in [0, 0.05) is 25.3 Å². The predicted octanol–water partition coefficient (Wildman–Crippen LogP) is 2.36.